The molecule has 150 valence electrons. The fraction of sp³-hybridized carbons (Fsp3) is 0.455. The summed E-state index contributed by atoms with van der Waals surface area (Å²) in [7, 11) is 0. The summed E-state index contributed by atoms with van der Waals surface area (Å²) in [6, 6.07) is 9.61. The molecule has 0 aliphatic carbocycles. The van der Waals surface area contributed by atoms with Gasteiger partial charge >= 0.3 is 0 Å². The Kier molecular flexibility index (Phi) is 6.45. The Hall–Kier alpha value is -2.27. The first-order valence-electron chi connectivity index (χ1n) is 9.94. The smallest absolute Gasteiger partial charge is 0.255 e. The Morgan fingerprint density at radius 3 is 2.75 bits per heavy atom. The number of halogens is 1. The quantitative estimate of drug-likeness (QED) is 0.813. The van der Waals surface area contributed by atoms with Gasteiger partial charge in [-0.2, -0.15) is 0 Å². The van der Waals surface area contributed by atoms with Gasteiger partial charge in [0.15, 0.2) is 0 Å². The SMILES string of the molecule is CCCC(=O)NC1CCCN(C(=O)c2cc(C)n(-c3cccc(Cl)c3)c2C)C1. The largest absolute Gasteiger partial charge is 0.352 e. The molecule has 1 aromatic carbocycles. The van der Waals surface area contributed by atoms with Crippen LogP contribution >= 0.6 is 11.6 Å². The molecule has 1 aliphatic rings. The van der Waals surface area contributed by atoms with Crippen molar-refractivity contribution in [3.63, 3.8) is 0 Å². The van der Waals surface area contributed by atoms with E-state index >= 15 is 0 Å². The van der Waals surface area contributed by atoms with Crippen LogP contribution < -0.4 is 5.32 Å². The van der Waals surface area contributed by atoms with Gasteiger partial charge in [-0.1, -0.05) is 24.6 Å². The number of piperidine rings is 1. The minimum absolute atomic E-state index is 0.0239. The second-order valence-corrected chi connectivity index (χ2v) is 7.94. The maximum atomic E-state index is 13.2. The van der Waals surface area contributed by atoms with E-state index in [2.05, 4.69) is 9.88 Å². The molecule has 6 heteroatoms. The Labute approximate surface area is 171 Å². The Balaban J connectivity index is 1.79. The van der Waals surface area contributed by atoms with Crippen molar-refractivity contribution in [2.24, 2.45) is 0 Å². The second-order valence-electron chi connectivity index (χ2n) is 7.51. The minimum atomic E-state index is 0.0239. The van der Waals surface area contributed by atoms with Gasteiger partial charge in [0.1, 0.15) is 0 Å². The van der Waals surface area contributed by atoms with E-state index < -0.39 is 0 Å². The number of carbonyl (C=O) groups excluding carboxylic acids is 2. The number of likely N-dealkylation sites (tertiary alicyclic amines) is 1. The van der Waals surface area contributed by atoms with Crippen LogP contribution in [0.25, 0.3) is 5.69 Å². The van der Waals surface area contributed by atoms with Gasteiger partial charge in [0.05, 0.1) is 5.56 Å². The summed E-state index contributed by atoms with van der Waals surface area (Å²) in [5.74, 6) is 0.0942. The zero-order valence-corrected chi connectivity index (χ0v) is 17.6. The summed E-state index contributed by atoms with van der Waals surface area (Å²) in [5.41, 5.74) is 3.55. The molecule has 5 nitrogen and oxygen atoms in total. The third-order valence-corrected chi connectivity index (χ3v) is 5.51. The molecule has 0 saturated carbocycles. The molecule has 0 spiro atoms. The molecule has 1 aliphatic heterocycles. The molecule has 1 aromatic heterocycles. The average molecular weight is 402 g/mol. The van der Waals surface area contributed by atoms with Crippen molar-refractivity contribution in [2.75, 3.05) is 13.1 Å². The van der Waals surface area contributed by atoms with E-state index in [9.17, 15) is 9.59 Å². The van der Waals surface area contributed by atoms with Gasteiger partial charge in [-0.3, -0.25) is 9.59 Å². The molecule has 1 N–H and O–H groups in total. The first kappa shape index (κ1) is 20.5. The molecule has 2 heterocycles. The number of hydrogen-bond acceptors (Lipinski definition) is 2. The van der Waals surface area contributed by atoms with Crippen LogP contribution in [0.4, 0.5) is 0 Å². The lowest BCUT2D eigenvalue weighted by molar-refractivity contribution is -0.122. The lowest BCUT2D eigenvalue weighted by Crippen LogP contribution is -2.49. The summed E-state index contributed by atoms with van der Waals surface area (Å²) in [5, 5.41) is 3.73. The minimum Gasteiger partial charge on any atom is -0.352 e. The molecule has 2 aromatic rings. The average Bonchev–Trinajstić information content (AvgIpc) is 2.95. The topological polar surface area (TPSA) is 54.3 Å². The van der Waals surface area contributed by atoms with Crippen LogP contribution in [-0.4, -0.2) is 40.4 Å². The van der Waals surface area contributed by atoms with Gasteiger partial charge in [0.2, 0.25) is 5.91 Å². The number of nitrogens with one attached hydrogen (secondary N) is 1. The standard InChI is InChI=1S/C22H28ClN3O2/c1-4-7-21(27)24-18-9-6-11-25(14-18)22(28)20-12-15(2)26(16(20)3)19-10-5-8-17(23)13-19/h5,8,10,12-13,18H,4,6-7,9,11,14H2,1-3H3,(H,24,27). The van der Waals surface area contributed by atoms with E-state index in [1.807, 2.05) is 56.0 Å². The molecule has 0 bridgehead atoms. The number of nitrogens with zero attached hydrogens (tertiary/aromatic N) is 2. The summed E-state index contributed by atoms with van der Waals surface area (Å²) in [6.45, 7) is 7.24. The highest BCUT2D eigenvalue weighted by Crippen LogP contribution is 2.25. The van der Waals surface area contributed by atoms with Crippen LogP contribution in [0.2, 0.25) is 5.02 Å². The lowest BCUT2D eigenvalue weighted by atomic mass is 10.0. The number of carbonyl (C=O) groups is 2. The van der Waals surface area contributed by atoms with Crippen molar-refractivity contribution >= 4 is 23.4 Å². The third kappa shape index (κ3) is 4.41. The molecule has 2 amide bonds. The summed E-state index contributed by atoms with van der Waals surface area (Å²) >= 11 is 6.15. The predicted octanol–water partition coefficient (Wildman–Crippen LogP) is 4.27. The van der Waals surface area contributed by atoms with Crippen LogP contribution in [0.15, 0.2) is 30.3 Å². The normalized spacial score (nSPS) is 16.9. The maximum Gasteiger partial charge on any atom is 0.255 e. The van der Waals surface area contributed by atoms with E-state index in [1.165, 1.54) is 0 Å². The van der Waals surface area contributed by atoms with E-state index in [0.29, 0.717) is 23.6 Å². The Bertz CT molecular complexity index is 875. The van der Waals surface area contributed by atoms with E-state index in [1.54, 1.807) is 0 Å². The van der Waals surface area contributed by atoms with Crippen molar-refractivity contribution in [3.8, 4) is 5.69 Å². The van der Waals surface area contributed by atoms with Gasteiger partial charge in [-0.15, -0.1) is 0 Å². The third-order valence-electron chi connectivity index (χ3n) is 5.28. The molecular weight excluding hydrogens is 374 g/mol. The van der Waals surface area contributed by atoms with Crippen molar-refractivity contribution in [1.82, 2.24) is 14.8 Å². The van der Waals surface area contributed by atoms with Crippen LogP contribution in [0, 0.1) is 13.8 Å². The van der Waals surface area contributed by atoms with Crippen molar-refractivity contribution < 1.29 is 9.59 Å². The molecule has 3 rings (SSSR count). The zero-order valence-electron chi connectivity index (χ0n) is 16.8. The molecular formula is C22H28ClN3O2. The Morgan fingerprint density at radius 2 is 2.04 bits per heavy atom. The molecule has 1 atom stereocenters. The fourth-order valence-electron chi connectivity index (χ4n) is 3.97. The van der Waals surface area contributed by atoms with Crippen LogP contribution in [0.1, 0.15) is 54.4 Å². The number of aromatic nitrogens is 1. The monoisotopic (exact) mass is 401 g/mol. The van der Waals surface area contributed by atoms with Crippen molar-refractivity contribution in [2.45, 2.75) is 52.5 Å². The Morgan fingerprint density at radius 1 is 1.25 bits per heavy atom. The number of benzene rings is 1. The lowest BCUT2D eigenvalue weighted by Gasteiger charge is -2.33. The number of aryl methyl sites for hydroxylation is 1. The maximum absolute atomic E-state index is 13.2. The molecule has 1 fully saturated rings. The van der Waals surface area contributed by atoms with Crippen molar-refractivity contribution in [3.05, 3.63) is 52.3 Å². The summed E-state index contributed by atoms with van der Waals surface area (Å²) in [6.07, 6.45) is 3.18. The van der Waals surface area contributed by atoms with Crippen LogP contribution in [0.5, 0.6) is 0 Å². The second kappa shape index (κ2) is 8.82. The molecule has 1 unspecified atom stereocenters. The highest BCUT2D eigenvalue weighted by molar-refractivity contribution is 6.30. The van der Waals surface area contributed by atoms with Gasteiger partial charge in [0, 0.05) is 47.7 Å². The number of rotatable bonds is 5. The van der Waals surface area contributed by atoms with E-state index in [0.717, 1.165) is 42.9 Å². The number of amides is 2. The van der Waals surface area contributed by atoms with E-state index in [4.69, 9.17) is 11.6 Å². The van der Waals surface area contributed by atoms with Gasteiger partial charge in [-0.25, -0.2) is 0 Å². The van der Waals surface area contributed by atoms with Gasteiger partial charge in [0.25, 0.3) is 5.91 Å². The number of hydrogen-bond donors (Lipinski definition) is 1. The van der Waals surface area contributed by atoms with Gasteiger partial charge < -0.3 is 14.8 Å². The predicted molar refractivity (Wildman–Crippen MR) is 112 cm³/mol. The highest BCUT2D eigenvalue weighted by atomic mass is 35.5. The van der Waals surface area contributed by atoms with Crippen molar-refractivity contribution in [1.29, 1.82) is 0 Å². The molecule has 0 radical (unpaired) electrons. The first-order chi connectivity index (χ1) is 13.4. The van der Waals surface area contributed by atoms with E-state index in [-0.39, 0.29) is 17.9 Å². The van der Waals surface area contributed by atoms with Crippen LogP contribution in [-0.2, 0) is 4.79 Å². The first-order valence-corrected chi connectivity index (χ1v) is 10.3. The summed E-state index contributed by atoms with van der Waals surface area (Å²) < 4.78 is 2.06. The fourth-order valence-corrected chi connectivity index (χ4v) is 4.15. The zero-order chi connectivity index (χ0) is 20.3. The molecule has 1 saturated heterocycles. The highest BCUT2D eigenvalue weighted by Gasteiger charge is 2.27. The van der Waals surface area contributed by atoms with Crippen LogP contribution in [0.3, 0.4) is 0 Å². The van der Waals surface area contributed by atoms with Gasteiger partial charge in [-0.05, 0) is 57.4 Å². The summed E-state index contributed by atoms with van der Waals surface area (Å²) in [4.78, 5) is 27.0. The molecule has 28 heavy (non-hydrogen) atoms.